The number of methoxy groups -OCH3 is 1. The summed E-state index contributed by atoms with van der Waals surface area (Å²) in [7, 11) is 1.66. The summed E-state index contributed by atoms with van der Waals surface area (Å²) in [5.41, 5.74) is 0.438. The van der Waals surface area contributed by atoms with E-state index in [1.54, 1.807) is 7.11 Å². The fourth-order valence-corrected chi connectivity index (χ4v) is 3.11. The third-order valence-corrected chi connectivity index (χ3v) is 4.15. The molecule has 1 aromatic rings. The molecule has 0 amide bonds. The molecule has 86 valence electrons. The Morgan fingerprint density at radius 1 is 1.25 bits per heavy atom. The van der Waals surface area contributed by atoms with Gasteiger partial charge in [0.25, 0.3) is 0 Å². The lowest BCUT2D eigenvalue weighted by Crippen LogP contribution is -2.63. The Hall–Kier alpha value is -1.06. The summed E-state index contributed by atoms with van der Waals surface area (Å²) in [6.45, 7) is 1.86. The van der Waals surface area contributed by atoms with E-state index in [1.165, 1.54) is 0 Å². The minimum Gasteiger partial charge on any atom is -0.497 e. The van der Waals surface area contributed by atoms with Gasteiger partial charge in [-0.3, -0.25) is 0 Å². The monoisotopic (exact) mass is 219 g/mol. The number of ether oxygens (including phenoxy) is 1. The second kappa shape index (κ2) is 3.47. The van der Waals surface area contributed by atoms with E-state index in [9.17, 15) is 5.11 Å². The maximum Gasteiger partial charge on any atom is 0.118 e. The van der Waals surface area contributed by atoms with Crippen molar-refractivity contribution in [3.63, 3.8) is 0 Å². The van der Waals surface area contributed by atoms with E-state index in [-0.39, 0.29) is 0 Å². The van der Waals surface area contributed by atoms with Crippen LogP contribution in [-0.4, -0.2) is 25.3 Å². The Labute approximate surface area is 95.4 Å². The normalized spacial score (nSPS) is 36.6. The van der Waals surface area contributed by atoms with Crippen molar-refractivity contribution in [2.45, 2.75) is 12.0 Å². The highest BCUT2D eigenvalue weighted by atomic mass is 16.5. The second-order valence-electron chi connectivity index (χ2n) is 4.84. The van der Waals surface area contributed by atoms with Gasteiger partial charge >= 0.3 is 0 Å². The maximum atomic E-state index is 10.7. The number of piperidine rings is 2. The maximum absolute atomic E-state index is 10.7. The molecule has 1 aliphatic heterocycles. The molecule has 2 N–H and O–H groups in total. The van der Waals surface area contributed by atoms with E-state index in [4.69, 9.17) is 4.74 Å². The van der Waals surface area contributed by atoms with Gasteiger partial charge in [-0.05, 0) is 24.1 Å². The van der Waals surface area contributed by atoms with Crippen molar-refractivity contribution in [2.75, 3.05) is 20.2 Å². The molecular formula is C13H17NO2. The molecule has 1 saturated carbocycles. The van der Waals surface area contributed by atoms with E-state index in [2.05, 4.69) is 5.32 Å². The van der Waals surface area contributed by atoms with Crippen LogP contribution in [0.3, 0.4) is 0 Å². The van der Waals surface area contributed by atoms with Gasteiger partial charge in [0.15, 0.2) is 0 Å². The number of rotatable bonds is 2. The minimum absolute atomic E-state index is 0.375. The second-order valence-corrected chi connectivity index (χ2v) is 4.84. The smallest absolute Gasteiger partial charge is 0.118 e. The first kappa shape index (κ1) is 10.1. The van der Waals surface area contributed by atoms with Crippen LogP contribution >= 0.6 is 0 Å². The van der Waals surface area contributed by atoms with Crippen LogP contribution in [0.1, 0.15) is 12.0 Å². The minimum atomic E-state index is -0.600. The predicted octanol–water partition coefficient (Wildman–Crippen LogP) is 1.12. The molecule has 0 aromatic heterocycles. The van der Waals surface area contributed by atoms with Crippen LogP contribution in [0.4, 0.5) is 0 Å². The highest BCUT2D eigenvalue weighted by Gasteiger charge is 2.56. The first-order valence-corrected chi connectivity index (χ1v) is 5.82. The van der Waals surface area contributed by atoms with E-state index < -0.39 is 5.60 Å². The van der Waals surface area contributed by atoms with Gasteiger partial charge in [0.1, 0.15) is 5.75 Å². The van der Waals surface area contributed by atoms with Crippen LogP contribution in [0, 0.1) is 11.8 Å². The number of nitrogens with one attached hydrogen (secondary N) is 1. The first-order valence-electron chi connectivity index (χ1n) is 5.82. The number of benzene rings is 1. The largest absolute Gasteiger partial charge is 0.497 e. The summed E-state index contributed by atoms with van der Waals surface area (Å²) in [6, 6.07) is 7.83. The molecule has 1 heterocycles. The predicted molar refractivity (Wildman–Crippen MR) is 61.4 cm³/mol. The molecule has 2 bridgehead atoms. The third-order valence-electron chi connectivity index (χ3n) is 4.15. The van der Waals surface area contributed by atoms with Gasteiger partial charge in [0, 0.05) is 24.9 Å². The topological polar surface area (TPSA) is 41.5 Å². The Morgan fingerprint density at radius 2 is 1.88 bits per heavy atom. The average molecular weight is 219 g/mol. The van der Waals surface area contributed by atoms with Crippen LogP contribution in [0.5, 0.6) is 5.75 Å². The van der Waals surface area contributed by atoms with Crippen molar-refractivity contribution in [3.8, 4) is 5.75 Å². The molecule has 0 radical (unpaired) electrons. The Kier molecular flexibility index (Phi) is 2.19. The molecule has 16 heavy (non-hydrogen) atoms. The van der Waals surface area contributed by atoms with Crippen LogP contribution in [0.15, 0.2) is 24.3 Å². The molecule has 3 rings (SSSR count). The van der Waals surface area contributed by atoms with Crippen LogP contribution < -0.4 is 10.1 Å². The van der Waals surface area contributed by atoms with E-state index in [1.807, 2.05) is 24.3 Å². The molecule has 0 spiro atoms. The SMILES string of the molecule is COc1ccc(C2(O)C3CNCC2C3)cc1. The van der Waals surface area contributed by atoms with Gasteiger partial charge in [-0.1, -0.05) is 12.1 Å². The van der Waals surface area contributed by atoms with Crippen molar-refractivity contribution in [1.82, 2.24) is 5.32 Å². The number of hydrogen-bond donors (Lipinski definition) is 2. The Morgan fingerprint density at radius 3 is 2.38 bits per heavy atom. The zero-order chi connectivity index (χ0) is 11.2. The van der Waals surface area contributed by atoms with Crippen molar-refractivity contribution in [2.24, 2.45) is 11.8 Å². The molecule has 2 aliphatic rings. The molecular weight excluding hydrogens is 202 g/mol. The summed E-state index contributed by atoms with van der Waals surface area (Å²) in [5.74, 6) is 1.59. The molecule has 1 aliphatic carbocycles. The van der Waals surface area contributed by atoms with Gasteiger partial charge < -0.3 is 15.2 Å². The van der Waals surface area contributed by atoms with Gasteiger partial charge in [-0.2, -0.15) is 0 Å². The first-order chi connectivity index (χ1) is 7.75. The highest BCUT2D eigenvalue weighted by Crippen LogP contribution is 2.53. The molecule has 3 heteroatoms. The number of aliphatic hydroxyl groups is 1. The third kappa shape index (κ3) is 1.22. The van der Waals surface area contributed by atoms with E-state index in [0.29, 0.717) is 11.8 Å². The average Bonchev–Trinajstić information content (AvgIpc) is 2.38. The van der Waals surface area contributed by atoms with Crippen molar-refractivity contribution < 1.29 is 9.84 Å². The summed E-state index contributed by atoms with van der Waals surface area (Å²) in [6.07, 6.45) is 1.15. The van der Waals surface area contributed by atoms with Gasteiger partial charge in [0.2, 0.25) is 0 Å². The molecule has 2 atom stereocenters. The molecule has 3 nitrogen and oxygen atoms in total. The van der Waals surface area contributed by atoms with Crippen molar-refractivity contribution >= 4 is 0 Å². The molecule has 2 fully saturated rings. The van der Waals surface area contributed by atoms with E-state index in [0.717, 1.165) is 30.8 Å². The van der Waals surface area contributed by atoms with Gasteiger partial charge in [-0.25, -0.2) is 0 Å². The lowest BCUT2D eigenvalue weighted by atomic mass is 9.56. The fraction of sp³-hybridized carbons (Fsp3) is 0.538. The quantitative estimate of drug-likeness (QED) is 0.783. The summed E-state index contributed by atoms with van der Waals surface area (Å²) < 4.78 is 5.13. The van der Waals surface area contributed by atoms with Crippen LogP contribution in [0.25, 0.3) is 0 Å². The lowest BCUT2D eigenvalue weighted by Gasteiger charge is -2.56. The Bertz CT molecular complexity index is 373. The van der Waals surface area contributed by atoms with E-state index >= 15 is 0 Å². The molecule has 1 saturated heterocycles. The molecule has 2 unspecified atom stereocenters. The van der Waals surface area contributed by atoms with Gasteiger partial charge in [0.05, 0.1) is 12.7 Å². The summed E-state index contributed by atoms with van der Waals surface area (Å²) in [4.78, 5) is 0. The van der Waals surface area contributed by atoms with Crippen LogP contribution in [-0.2, 0) is 5.60 Å². The van der Waals surface area contributed by atoms with Crippen LogP contribution in [0.2, 0.25) is 0 Å². The number of hydrogen-bond acceptors (Lipinski definition) is 3. The highest BCUT2D eigenvalue weighted by molar-refractivity contribution is 5.34. The number of fused-ring (bicyclic) bond motifs is 2. The fourth-order valence-electron chi connectivity index (χ4n) is 3.11. The summed E-state index contributed by atoms with van der Waals surface area (Å²) in [5, 5.41) is 14.1. The van der Waals surface area contributed by atoms with Gasteiger partial charge in [-0.15, -0.1) is 0 Å². The Balaban J connectivity index is 1.91. The summed E-state index contributed by atoms with van der Waals surface area (Å²) >= 11 is 0. The van der Waals surface area contributed by atoms with Crippen molar-refractivity contribution in [3.05, 3.63) is 29.8 Å². The zero-order valence-electron chi connectivity index (χ0n) is 9.44. The lowest BCUT2D eigenvalue weighted by molar-refractivity contribution is -0.175. The van der Waals surface area contributed by atoms with Crippen molar-refractivity contribution in [1.29, 1.82) is 0 Å². The molecule has 1 aromatic carbocycles. The zero-order valence-corrected chi connectivity index (χ0v) is 9.44. The standard InChI is InChI=1S/C13H17NO2/c1-16-12-4-2-9(3-5-12)13(15)10-6-11(13)8-14-7-10/h2-5,10-11,14-15H,6-8H2,1H3.